The predicted molar refractivity (Wildman–Crippen MR) is 124 cm³/mol. The Morgan fingerprint density at radius 2 is 2.19 bits per heavy atom. The molecule has 1 aliphatic heterocycles. The predicted octanol–water partition coefficient (Wildman–Crippen LogP) is 2.37. The first-order valence-electron chi connectivity index (χ1n) is 10.7. The van der Waals surface area contributed by atoms with Crippen molar-refractivity contribution >= 4 is 23.9 Å². The van der Waals surface area contributed by atoms with Crippen LogP contribution in [0.4, 0.5) is 5.82 Å². The van der Waals surface area contributed by atoms with Crippen molar-refractivity contribution in [1.29, 1.82) is 10.8 Å². The van der Waals surface area contributed by atoms with E-state index < -0.39 is 0 Å². The number of hydrogen-bond acceptors (Lipinski definition) is 7. The topological polar surface area (TPSA) is 126 Å². The molecule has 9 nitrogen and oxygen atoms in total. The minimum atomic E-state index is -0.385. The molecule has 0 bridgehead atoms. The van der Waals surface area contributed by atoms with E-state index in [0.717, 1.165) is 24.0 Å². The van der Waals surface area contributed by atoms with Gasteiger partial charge in [0.2, 0.25) is 0 Å². The molecule has 1 aliphatic rings. The number of aliphatic hydroxyl groups is 1. The number of anilines is 1. The maximum Gasteiger partial charge on any atom is 0.260 e. The van der Waals surface area contributed by atoms with Crippen molar-refractivity contribution in [2.24, 2.45) is 0 Å². The Labute approximate surface area is 188 Å². The fraction of sp³-hybridized carbons (Fsp3) is 0.391. The van der Waals surface area contributed by atoms with Gasteiger partial charge >= 0.3 is 0 Å². The number of nitrogens with one attached hydrogen (secondary N) is 3. The van der Waals surface area contributed by atoms with Crippen LogP contribution in [0.5, 0.6) is 5.75 Å². The second-order valence-corrected chi connectivity index (χ2v) is 7.49. The molecule has 1 amide bonds. The quantitative estimate of drug-likeness (QED) is 0.333. The number of amidine groups is 1. The van der Waals surface area contributed by atoms with Gasteiger partial charge in [0.05, 0.1) is 32.6 Å². The third-order valence-electron chi connectivity index (χ3n) is 5.63. The number of rotatable bonds is 10. The van der Waals surface area contributed by atoms with Crippen molar-refractivity contribution in [3.63, 3.8) is 0 Å². The Morgan fingerprint density at radius 1 is 1.41 bits per heavy atom. The lowest BCUT2D eigenvalue weighted by Gasteiger charge is -2.27. The summed E-state index contributed by atoms with van der Waals surface area (Å²) in [6, 6.07) is 8.45. The molecule has 0 radical (unpaired) electrons. The van der Waals surface area contributed by atoms with Crippen molar-refractivity contribution in [3.05, 3.63) is 52.7 Å². The number of benzene rings is 1. The number of aliphatic hydroxyl groups excluding tert-OH is 1. The van der Waals surface area contributed by atoms with Crippen molar-refractivity contribution in [2.75, 3.05) is 25.2 Å². The summed E-state index contributed by atoms with van der Waals surface area (Å²) in [6.07, 6.45) is 1.60. The van der Waals surface area contributed by atoms with Gasteiger partial charge in [0.25, 0.3) is 5.91 Å². The Hall–Kier alpha value is -3.30. The smallest absolute Gasteiger partial charge is 0.260 e. The van der Waals surface area contributed by atoms with Gasteiger partial charge in [0.1, 0.15) is 17.3 Å². The zero-order valence-electron chi connectivity index (χ0n) is 18.7. The van der Waals surface area contributed by atoms with Gasteiger partial charge in [0.15, 0.2) is 5.84 Å². The largest absolute Gasteiger partial charge is 0.497 e. The van der Waals surface area contributed by atoms with Crippen LogP contribution in [0.2, 0.25) is 0 Å². The van der Waals surface area contributed by atoms with E-state index in [1.165, 1.54) is 4.90 Å². The summed E-state index contributed by atoms with van der Waals surface area (Å²) in [5.74, 6) is 0.898. The molecule has 1 aromatic heterocycles. The standard InChI is InChI=1S/C23H30N6O3/c1-4-16(13-30)29(14-24)22(25)20-7-6-8-21(27-20)28-12-19-15(11-26-5-2)9-17(32-3)10-18(19)23(28)31/h6-10,14,16,24-26,30H,4-5,11-13H2,1-3H3. The van der Waals surface area contributed by atoms with Gasteiger partial charge in [-0.2, -0.15) is 0 Å². The third kappa shape index (κ3) is 4.49. The number of pyridine rings is 1. The van der Waals surface area contributed by atoms with Crippen LogP contribution in [0.15, 0.2) is 30.3 Å². The van der Waals surface area contributed by atoms with E-state index >= 15 is 0 Å². The molecule has 0 saturated heterocycles. The fourth-order valence-corrected chi connectivity index (χ4v) is 3.78. The highest BCUT2D eigenvalue weighted by Gasteiger charge is 2.32. The summed E-state index contributed by atoms with van der Waals surface area (Å²) >= 11 is 0. The summed E-state index contributed by atoms with van der Waals surface area (Å²) in [6.45, 7) is 5.55. The molecule has 1 unspecified atom stereocenters. The Balaban J connectivity index is 1.93. The average Bonchev–Trinajstić information content (AvgIpc) is 3.16. The van der Waals surface area contributed by atoms with E-state index in [4.69, 9.17) is 15.6 Å². The molecule has 0 spiro atoms. The van der Waals surface area contributed by atoms with Crippen LogP contribution in [0.1, 0.15) is 47.4 Å². The van der Waals surface area contributed by atoms with Crippen LogP contribution in [-0.2, 0) is 13.1 Å². The maximum absolute atomic E-state index is 13.2. The molecule has 1 aromatic carbocycles. The SMILES string of the molecule is CCNCc1cc(OC)cc2c1CN(c1cccc(C(=N)N(C=N)C(CC)CO)n1)C2=O. The van der Waals surface area contributed by atoms with E-state index in [1.54, 1.807) is 36.3 Å². The Kier molecular flexibility index (Phi) is 7.55. The summed E-state index contributed by atoms with van der Waals surface area (Å²) in [5, 5.41) is 29.1. The summed E-state index contributed by atoms with van der Waals surface area (Å²) in [4.78, 5) is 20.8. The number of methoxy groups -OCH3 is 1. The molecule has 9 heteroatoms. The van der Waals surface area contributed by atoms with Gasteiger partial charge in [-0.15, -0.1) is 0 Å². The number of carbonyl (C=O) groups excluding carboxylic acids is 1. The number of ether oxygens (including phenoxy) is 1. The lowest BCUT2D eigenvalue weighted by Crippen LogP contribution is -2.41. The summed E-state index contributed by atoms with van der Waals surface area (Å²) in [5.41, 5.74) is 2.86. The summed E-state index contributed by atoms with van der Waals surface area (Å²) in [7, 11) is 1.58. The molecule has 2 heterocycles. The first kappa shape index (κ1) is 23.4. The van der Waals surface area contributed by atoms with E-state index in [2.05, 4.69) is 10.3 Å². The number of nitrogens with zero attached hydrogens (tertiary/aromatic N) is 3. The number of fused-ring (bicyclic) bond motifs is 1. The second-order valence-electron chi connectivity index (χ2n) is 7.49. The number of carbonyl (C=O) groups is 1. The van der Waals surface area contributed by atoms with Crippen molar-refractivity contribution < 1.29 is 14.6 Å². The molecule has 3 rings (SSSR count). The van der Waals surface area contributed by atoms with Gasteiger partial charge in [-0.25, -0.2) is 4.98 Å². The fourth-order valence-electron chi connectivity index (χ4n) is 3.78. The minimum Gasteiger partial charge on any atom is -0.497 e. The van der Waals surface area contributed by atoms with Gasteiger partial charge < -0.3 is 20.1 Å². The molecular formula is C23H30N6O3. The van der Waals surface area contributed by atoms with E-state index in [-0.39, 0.29) is 24.4 Å². The molecule has 170 valence electrons. The Bertz CT molecular complexity index is 1010. The van der Waals surface area contributed by atoms with Crippen LogP contribution in [0.3, 0.4) is 0 Å². The van der Waals surface area contributed by atoms with Crippen LogP contribution in [0.25, 0.3) is 0 Å². The number of aromatic nitrogens is 1. The highest BCUT2D eigenvalue weighted by molar-refractivity contribution is 6.10. The molecule has 32 heavy (non-hydrogen) atoms. The summed E-state index contributed by atoms with van der Waals surface area (Å²) < 4.78 is 5.39. The highest BCUT2D eigenvalue weighted by atomic mass is 16.5. The monoisotopic (exact) mass is 438 g/mol. The van der Waals surface area contributed by atoms with Crippen LogP contribution in [0, 0.1) is 10.8 Å². The second kappa shape index (κ2) is 10.3. The molecule has 2 aromatic rings. The third-order valence-corrected chi connectivity index (χ3v) is 5.63. The van der Waals surface area contributed by atoms with Gasteiger partial charge in [-0.05, 0) is 48.4 Å². The first-order chi connectivity index (χ1) is 15.5. The van der Waals surface area contributed by atoms with Gasteiger partial charge in [-0.3, -0.25) is 20.5 Å². The first-order valence-corrected chi connectivity index (χ1v) is 10.7. The van der Waals surface area contributed by atoms with Gasteiger partial charge in [0, 0.05) is 12.1 Å². The molecule has 0 fully saturated rings. The van der Waals surface area contributed by atoms with E-state index in [0.29, 0.717) is 42.3 Å². The van der Waals surface area contributed by atoms with E-state index in [1.807, 2.05) is 19.9 Å². The van der Waals surface area contributed by atoms with Crippen molar-refractivity contribution in [3.8, 4) is 5.75 Å². The maximum atomic E-state index is 13.2. The zero-order valence-corrected chi connectivity index (χ0v) is 18.7. The van der Waals surface area contributed by atoms with Crippen LogP contribution >= 0.6 is 0 Å². The Morgan fingerprint density at radius 3 is 2.81 bits per heavy atom. The molecule has 0 aliphatic carbocycles. The lowest BCUT2D eigenvalue weighted by molar-refractivity contribution is 0.0995. The average molecular weight is 439 g/mol. The van der Waals surface area contributed by atoms with Gasteiger partial charge in [-0.1, -0.05) is 19.9 Å². The number of amides is 1. The van der Waals surface area contributed by atoms with Crippen LogP contribution in [-0.4, -0.2) is 59.4 Å². The van der Waals surface area contributed by atoms with Crippen molar-refractivity contribution in [2.45, 2.75) is 39.4 Å². The minimum absolute atomic E-state index is 0.00131. The molecule has 4 N–H and O–H groups in total. The molecule has 1 atom stereocenters. The molecule has 0 saturated carbocycles. The highest BCUT2D eigenvalue weighted by Crippen LogP contribution is 2.33. The van der Waals surface area contributed by atoms with Crippen LogP contribution < -0.4 is 15.0 Å². The van der Waals surface area contributed by atoms with E-state index in [9.17, 15) is 9.90 Å². The lowest BCUT2D eigenvalue weighted by atomic mass is 10.0. The number of hydrogen-bond donors (Lipinski definition) is 4. The van der Waals surface area contributed by atoms with Crippen molar-refractivity contribution in [1.82, 2.24) is 15.2 Å². The zero-order chi connectivity index (χ0) is 23.3. The molecular weight excluding hydrogens is 408 g/mol. The normalized spacial score (nSPS) is 13.6.